The van der Waals surface area contributed by atoms with Gasteiger partial charge in [0.15, 0.2) is 6.54 Å². The molecule has 1 unspecified atom stereocenters. The molecule has 0 radical (unpaired) electrons. The maximum absolute atomic E-state index is 11.5. The minimum atomic E-state index is -5.19. The number of carboxylic acid groups (broad SMARTS) is 2. The van der Waals surface area contributed by atoms with E-state index in [4.69, 9.17) is 25.5 Å². The monoisotopic (exact) mass is 427 g/mol. The highest BCUT2D eigenvalue weighted by atomic mass is 19.4. The van der Waals surface area contributed by atoms with E-state index in [1.807, 2.05) is 6.92 Å². The summed E-state index contributed by atoms with van der Waals surface area (Å²) in [7, 11) is 2.12. The lowest BCUT2D eigenvalue weighted by atomic mass is 10.0. The third kappa shape index (κ3) is 14.0. The minimum absolute atomic E-state index is 0.143. The molecule has 1 fully saturated rings. The Morgan fingerprint density at radius 3 is 1.89 bits per heavy atom. The van der Waals surface area contributed by atoms with Gasteiger partial charge < -0.3 is 30.5 Å². The number of alkyl halides is 6. The van der Waals surface area contributed by atoms with Gasteiger partial charge >= 0.3 is 18.3 Å². The van der Waals surface area contributed by atoms with Crippen molar-refractivity contribution in [1.29, 1.82) is 0 Å². The summed E-state index contributed by atoms with van der Waals surface area (Å²) in [5.41, 5.74) is 5.91. The second-order valence-electron chi connectivity index (χ2n) is 6.13. The number of aliphatic carboxylic acids is 2. The predicted octanol–water partition coefficient (Wildman–Crippen LogP) is -0.378. The Morgan fingerprint density at radius 1 is 1.18 bits per heavy atom. The van der Waals surface area contributed by atoms with E-state index < -0.39 is 24.3 Å². The van der Waals surface area contributed by atoms with Crippen LogP contribution in [0.2, 0.25) is 0 Å². The Kier molecular flexibility index (Phi) is 11.7. The first-order valence-electron chi connectivity index (χ1n) is 7.88. The van der Waals surface area contributed by atoms with Crippen LogP contribution >= 0.6 is 0 Å². The molecule has 1 amide bonds. The third-order valence-electron chi connectivity index (χ3n) is 3.32. The molecule has 0 bridgehead atoms. The van der Waals surface area contributed by atoms with Gasteiger partial charge in [0.1, 0.15) is 5.97 Å². The van der Waals surface area contributed by atoms with Crippen molar-refractivity contribution in [3.8, 4) is 0 Å². The van der Waals surface area contributed by atoms with E-state index in [-0.39, 0.29) is 11.9 Å². The van der Waals surface area contributed by atoms with Crippen molar-refractivity contribution >= 4 is 17.8 Å². The summed E-state index contributed by atoms with van der Waals surface area (Å²) in [6.07, 6.45) is -8.04. The molecule has 0 aromatic rings. The van der Waals surface area contributed by atoms with Crippen LogP contribution in [0.15, 0.2) is 0 Å². The van der Waals surface area contributed by atoms with E-state index in [1.54, 1.807) is 0 Å². The van der Waals surface area contributed by atoms with Crippen LogP contribution in [0.4, 0.5) is 26.3 Å². The SMILES string of the molecule is CCNC(=O)C[N+]1(C)CCC[C@H](N)C1.O=C(O)C(F)(F)F.O=C([O-])C(F)(F)F. The largest absolute Gasteiger partial charge is 0.542 e. The summed E-state index contributed by atoms with van der Waals surface area (Å²) < 4.78 is 64.1. The number of hydrogen-bond acceptors (Lipinski definition) is 5. The first-order valence-corrected chi connectivity index (χ1v) is 7.88. The van der Waals surface area contributed by atoms with Crippen molar-refractivity contribution in [3.63, 3.8) is 0 Å². The Morgan fingerprint density at radius 2 is 1.61 bits per heavy atom. The molecule has 4 N–H and O–H groups in total. The van der Waals surface area contributed by atoms with Gasteiger partial charge in [0, 0.05) is 6.54 Å². The van der Waals surface area contributed by atoms with Crippen molar-refractivity contribution < 1.29 is 55.4 Å². The van der Waals surface area contributed by atoms with Crippen LogP contribution in [0.3, 0.4) is 0 Å². The topological polar surface area (TPSA) is 133 Å². The second kappa shape index (κ2) is 11.7. The van der Waals surface area contributed by atoms with Gasteiger partial charge in [0.2, 0.25) is 0 Å². The molecule has 1 saturated heterocycles. The first-order chi connectivity index (χ1) is 12.4. The highest BCUT2D eigenvalue weighted by molar-refractivity contribution is 5.77. The number of likely N-dealkylation sites (tertiary alicyclic amines) is 1. The first kappa shape index (κ1) is 28.1. The lowest BCUT2D eigenvalue weighted by Crippen LogP contribution is -2.58. The summed E-state index contributed by atoms with van der Waals surface area (Å²) in [5.74, 6) is -5.62. The zero-order chi connectivity index (χ0) is 22.8. The zero-order valence-electron chi connectivity index (χ0n) is 15.2. The average molecular weight is 427 g/mol. The molecule has 1 rings (SSSR count). The zero-order valence-corrected chi connectivity index (χ0v) is 15.2. The number of quaternary nitrogens is 1. The molecule has 1 aliphatic rings. The lowest BCUT2D eigenvalue weighted by Gasteiger charge is -2.39. The molecule has 14 heteroatoms. The number of amides is 1. The van der Waals surface area contributed by atoms with Gasteiger partial charge in [0.25, 0.3) is 5.91 Å². The van der Waals surface area contributed by atoms with Crippen molar-refractivity contribution in [2.24, 2.45) is 5.73 Å². The van der Waals surface area contributed by atoms with Crippen molar-refractivity contribution in [2.45, 2.75) is 38.2 Å². The fraction of sp³-hybridized carbons (Fsp3) is 0.786. The van der Waals surface area contributed by atoms with E-state index in [2.05, 4.69) is 12.4 Å². The van der Waals surface area contributed by atoms with Crippen LogP contribution in [0.5, 0.6) is 0 Å². The standard InChI is InChI=1S/C10H21N3O.2C2HF3O2/c1-3-12-10(14)8-13(2)6-4-5-9(11)7-13;2*3-2(4,5)1(6)7/h9H,3-8,11H2,1-2H3;2*(H,6,7)/t9-,13?;;/m0../s1. The second-order valence-corrected chi connectivity index (χ2v) is 6.13. The molecule has 166 valence electrons. The van der Waals surface area contributed by atoms with Gasteiger partial charge in [-0.3, -0.25) is 4.79 Å². The summed E-state index contributed by atoms with van der Waals surface area (Å²) in [6.45, 7) is 5.23. The van der Waals surface area contributed by atoms with Gasteiger partial charge in [0.05, 0.1) is 26.2 Å². The molecule has 0 aromatic heterocycles. The van der Waals surface area contributed by atoms with Crippen LogP contribution in [0.25, 0.3) is 0 Å². The van der Waals surface area contributed by atoms with E-state index in [0.29, 0.717) is 13.1 Å². The molecule has 1 heterocycles. The molecule has 0 aromatic carbocycles. The smallest absolute Gasteiger partial charge is 0.490 e. The Bertz CT molecular complexity index is 503. The number of nitrogens with one attached hydrogen (secondary N) is 1. The normalized spacial score (nSPS) is 22.0. The van der Waals surface area contributed by atoms with Gasteiger partial charge in [-0.05, 0) is 19.8 Å². The predicted molar refractivity (Wildman–Crippen MR) is 81.4 cm³/mol. The molecule has 8 nitrogen and oxygen atoms in total. The van der Waals surface area contributed by atoms with Crippen LogP contribution in [-0.2, 0) is 14.4 Å². The van der Waals surface area contributed by atoms with Gasteiger partial charge in [-0.25, -0.2) is 4.79 Å². The van der Waals surface area contributed by atoms with E-state index in [0.717, 1.165) is 30.4 Å². The van der Waals surface area contributed by atoms with E-state index >= 15 is 0 Å². The van der Waals surface area contributed by atoms with Crippen molar-refractivity contribution in [1.82, 2.24) is 5.32 Å². The number of halogens is 6. The molecular weight excluding hydrogens is 404 g/mol. The molecular formula is C14H23F6N3O5. The Labute approximate surface area is 156 Å². The molecule has 0 spiro atoms. The number of carboxylic acids is 2. The highest BCUT2D eigenvalue weighted by Crippen LogP contribution is 2.15. The van der Waals surface area contributed by atoms with Crippen molar-refractivity contribution in [2.75, 3.05) is 33.2 Å². The molecule has 1 aliphatic heterocycles. The number of hydrogen-bond donors (Lipinski definition) is 3. The number of nitrogens with two attached hydrogens (primary N) is 1. The van der Waals surface area contributed by atoms with E-state index in [1.165, 1.54) is 0 Å². The van der Waals surface area contributed by atoms with Crippen LogP contribution in [0.1, 0.15) is 19.8 Å². The Hall–Kier alpha value is -2.09. The molecule has 0 aliphatic carbocycles. The number of carbonyl (C=O) groups excluding carboxylic acids is 2. The molecule has 0 saturated carbocycles. The maximum Gasteiger partial charge on any atom is 0.490 e. The highest BCUT2D eigenvalue weighted by Gasteiger charge is 2.38. The van der Waals surface area contributed by atoms with Crippen LogP contribution in [-0.4, -0.2) is 79.1 Å². The quantitative estimate of drug-likeness (QED) is 0.416. The number of carbonyl (C=O) groups is 3. The van der Waals surface area contributed by atoms with E-state index in [9.17, 15) is 31.1 Å². The lowest BCUT2D eigenvalue weighted by molar-refractivity contribution is -0.907. The van der Waals surface area contributed by atoms with Gasteiger partial charge in [-0.15, -0.1) is 0 Å². The summed E-state index contributed by atoms with van der Waals surface area (Å²) in [6, 6.07) is 0.267. The Balaban J connectivity index is 0. The van der Waals surface area contributed by atoms with Gasteiger partial charge in [-0.2, -0.15) is 26.3 Å². The third-order valence-corrected chi connectivity index (χ3v) is 3.32. The van der Waals surface area contributed by atoms with Crippen LogP contribution in [0, 0.1) is 0 Å². The summed E-state index contributed by atoms with van der Waals surface area (Å²) in [4.78, 5) is 29.1. The fourth-order valence-corrected chi connectivity index (χ4v) is 2.23. The van der Waals surface area contributed by atoms with Crippen molar-refractivity contribution in [3.05, 3.63) is 0 Å². The number of piperidine rings is 1. The summed E-state index contributed by atoms with van der Waals surface area (Å²) in [5, 5.41) is 18.7. The molecule has 28 heavy (non-hydrogen) atoms. The number of rotatable bonds is 3. The maximum atomic E-state index is 11.5. The minimum Gasteiger partial charge on any atom is -0.542 e. The van der Waals surface area contributed by atoms with Gasteiger partial charge in [-0.1, -0.05) is 0 Å². The fourth-order valence-electron chi connectivity index (χ4n) is 2.23. The van der Waals surface area contributed by atoms with Crippen LogP contribution < -0.4 is 16.2 Å². The number of likely N-dealkylation sites (N-methyl/N-ethyl adjacent to an activating group) is 2. The molecule has 2 atom stereocenters. The average Bonchev–Trinajstić information content (AvgIpc) is 2.45. The number of nitrogens with zero attached hydrogens (tertiary/aromatic N) is 1. The summed E-state index contributed by atoms with van der Waals surface area (Å²) >= 11 is 0.